The average Bonchev–Trinajstić information content (AvgIpc) is 2.40. The Morgan fingerprint density at radius 3 is 2.70 bits per heavy atom. The van der Waals surface area contributed by atoms with E-state index in [1.807, 2.05) is 0 Å². The van der Waals surface area contributed by atoms with Gasteiger partial charge < -0.3 is 5.73 Å². The van der Waals surface area contributed by atoms with Crippen LogP contribution in [0.3, 0.4) is 0 Å². The van der Waals surface area contributed by atoms with Gasteiger partial charge in [0.05, 0.1) is 5.25 Å². The van der Waals surface area contributed by atoms with E-state index in [2.05, 4.69) is 0 Å². The summed E-state index contributed by atoms with van der Waals surface area (Å²) in [6.45, 7) is 0. The van der Waals surface area contributed by atoms with Crippen molar-refractivity contribution >= 4 is 9.84 Å². The van der Waals surface area contributed by atoms with Gasteiger partial charge in [-0.05, 0) is 43.2 Å². The van der Waals surface area contributed by atoms with E-state index in [1.54, 1.807) is 18.2 Å². The van der Waals surface area contributed by atoms with Crippen molar-refractivity contribution in [1.29, 1.82) is 0 Å². The average molecular weight is 299 g/mol. The quantitative estimate of drug-likeness (QED) is 0.928. The van der Waals surface area contributed by atoms with Crippen LogP contribution in [0.25, 0.3) is 0 Å². The van der Waals surface area contributed by atoms with Crippen molar-refractivity contribution in [1.82, 2.24) is 0 Å². The van der Waals surface area contributed by atoms with Crippen LogP contribution in [0, 0.1) is 11.7 Å². The van der Waals surface area contributed by atoms with E-state index in [9.17, 15) is 12.8 Å². The number of nitrogens with two attached hydrogens (primary N) is 1. The van der Waals surface area contributed by atoms with Gasteiger partial charge in [0.1, 0.15) is 15.7 Å². The zero-order chi connectivity index (χ0) is 14.8. The predicted molar refractivity (Wildman–Crippen MR) is 78.7 cm³/mol. The molecule has 5 heteroatoms. The molecule has 1 aliphatic rings. The molecule has 1 aliphatic carbocycles. The summed E-state index contributed by atoms with van der Waals surface area (Å²) >= 11 is 0. The molecule has 2 N–H and O–H groups in total. The van der Waals surface area contributed by atoms with Crippen LogP contribution < -0.4 is 5.73 Å². The lowest BCUT2D eigenvalue weighted by Gasteiger charge is -2.32. The maximum absolute atomic E-state index is 13.6. The molecule has 2 rings (SSSR count). The first-order valence-electron chi connectivity index (χ1n) is 7.06. The van der Waals surface area contributed by atoms with E-state index in [1.165, 1.54) is 12.3 Å². The fraction of sp³-hybridized carbons (Fsp3) is 0.600. The molecule has 0 spiro atoms. The Kier molecular flexibility index (Phi) is 4.81. The summed E-state index contributed by atoms with van der Waals surface area (Å²) in [6.07, 6.45) is 4.90. The Morgan fingerprint density at radius 2 is 2.05 bits per heavy atom. The van der Waals surface area contributed by atoms with Crippen molar-refractivity contribution in [2.75, 3.05) is 6.26 Å². The van der Waals surface area contributed by atoms with Gasteiger partial charge in [0, 0.05) is 12.3 Å². The lowest BCUT2D eigenvalue weighted by Crippen LogP contribution is -2.39. The van der Waals surface area contributed by atoms with Crippen LogP contribution in [0.1, 0.15) is 31.2 Å². The Morgan fingerprint density at radius 1 is 1.35 bits per heavy atom. The summed E-state index contributed by atoms with van der Waals surface area (Å²) < 4.78 is 37.0. The highest BCUT2D eigenvalue weighted by molar-refractivity contribution is 7.91. The molecule has 3 unspecified atom stereocenters. The third-order valence-electron chi connectivity index (χ3n) is 4.29. The van der Waals surface area contributed by atoms with Crippen LogP contribution in [0.5, 0.6) is 0 Å². The molecule has 0 bridgehead atoms. The molecule has 1 aromatic rings. The number of hydrogen-bond acceptors (Lipinski definition) is 3. The minimum Gasteiger partial charge on any atom is -0.327 e. The molecule has 0 aliphatic heterocycles. The van der Waals surface area contributed by atoms with Crippen molar-refractivity contribution < 1.29 is 12.8 Å². The normalized spacial score (nSPS) is 25.4. The van der Waals surface area contributed by atoms with Gasteiger partial charge in [0.2, 0.25) is 0 Å². The monoisotopic (exact) mass is 299 g/mol. The maximum atomic E-state index is 13.6. The predicted octanol–water partition coefficient (Wildman–Crippen LogP) is 2.30. The summed E-state index contributed by atoms with van der Waals surface area (Å²) in [5.74, 6) is -0.0819. The minimum absolute atomic E-state index is 0.156. The van der Waals surface area contributed by atoms with Gasteiger partial charge in [-0.15, -0.1) is 0 Å². The molecule has 0 aromatic heterocycles. The Hall–Kier alpha value is -0.940. The molecule has 0 amide bonds. The van der Waals surface area contributed by atoms with E-state index in [0.29, 0.717) is 18.4 Å². The smallest absolute Gasteiger partial charge is 0.150 e. The van der Waals surface area contributed by atoms with E-state index < -0.39 is 9.84 Å². The molecular formula is C15H22FNO2S. The van der Waals surface area contributed by atoms with Crippen LogP contribution in [-0.4, -0.2) is 26.0 Å². The zero-order valence-corrected chi connectivity index (χ0v) is 12.6. The van der Waals surface area contributed by atoms with Crippen molar-refractivity contribution in [3.8, 4) is 0 Å². The van der Waals surface area contributed by atoms with Crippen LogP contribution >= 0.6 is 0 Å². The summed E-state index contributed by atoms with van der Waals surface area (Å²) in [6, 6.07) is 6.45. The standard InChI is InChI=1S/C15H22FNO2S/c1-20(18,19)13-7-4-6-12(9-13)15(17)10-11-5-2-3-8-14(11)16/h2-3,5,8,12-13,15H,4,6-7,9-10,17H2,1H3. The molecule has 1 fully saturated rings. The van der Waals surface area contributed by atoms with Gasteiger partial charge in [-0.25, -0.2) is 12.8 Å². The van der Waals surface area contributed by atoms with Crippen LogP contribution in [0.4, 0.5) is 4.39 Å². The van der Waals surface area contributed by atoms with Gasteiger partial charge in [-0.2, -0.15) is 0 Å². The zero-order valence-electron chi connectivity index (χ0n) is 11.8. The molecule has 0 saturated heterocycles. The van der Waals surface area contributed by atoms with Gasteiger partial charge >= 0.3 is 0 Å². The second-order valence-corrected chi connectivity index (χ2v) is 8.16. The Bertz CT molecular complexity index is 559. The Balaban J connectivity index is 2.02. The molecule has 1 aromatic carbocycles. The minimum atomic E-state index is -3.00. The first kappa shape index (κ1) is 15.4. The molecule has 20 heavy (non-hydrogen) atoms. The van der Waals surface area contributed by atoms with Crippen LogP contribution in [0.15, 0.2) is 24.3 Å². The van der Waals surface area contributed by atoms with Crippen LogP contribution in [-0.2, 0) is 16.3 Å². The Labute approximate surface area is 120 Å². The SMILES string of the molecule is CS(=O)(=O)C1CCCC(C(N)Cc2ccccc2F)C1. The number of sulfone groups is 1. The highest BCUT2D eigenvalue weighted by atomic mass is 32.2. The lowest BCUT2D eigenvalue weighted by molar-refractivity contribution is 0.302. The van der Waals surface area contributed by atoms with Gasteiger partial charge in [-0.1, -0.05) is 24.6 Å². The summed E-state index contributed by atoms with van der Waals surface area (Å²) in [4.78, 5) is 0. The van der Waals surface area contributed by atoms with Gasteiger partial charge in [0.25, 0.3) is 0 Å². The topological polar surface area (TPSA) is 60.2 Å². The van der Waals surface area contributed by atoms with Crippen molar-refractivity contribution in [3.05, 3.63) is 35.6 Å². The third kappa shape index (κ3) is 3.79. The summed E-state index contributed by atoms with van der Waals surface area (Å²) in [5, 5.41) is -0.284. The van der Waals surface area contributed by atoms with Gasteiger partial charge in [0.15, 0.2) is 0 Å². The molecular weight excluding hydrogens is 277 g/mol. The van der Waals surface area contributed by atoms with Crippen molar-refractivity contribution in [2.24, 2.45) is 11.7 Å². The third-order valence-corrected chi connectivity index (χ3v) is 5.93. The fourth-order valence-electron chi connectivity index (χ4n) is 3.04. The molecule has 3 nitrogen and oxygen atoms in total. The number of rotatable bonds is 4. The van der Waals surface area contributed by atoms with Crippen molar-refractivity contribution in [2.45, 2.75) is 43.4 Å². The highest BCUT2D eigenvalue weighted by Crippen LogP contribution is 2.31. The first-order valence-corrected chi connectivity index (χ1v) is 9.01. The first-order chi connectivity index (χ1) is 9.38. The largest absolute Gasteiger partial charge is 0.327 e. The van der Waals surface area contributed by atoms with E-state index in [4.69, 9.17) is 5.73 Å². The molecule has 0 radical (unpaired) electrons. The molecule has 1 saturated carbocycles. The van der Waals surface area contributed by atoms with Gasteiger partial charge in [-0.3, -0.25) is 0 Å². The molecule has 0 heterocycles. The van der Waals surface area contributed by atoms with E-state index >= 15 is 0 Å². The summed E-state index contributed by atoms with van der Waals surface area (Å²) in [5.41, 5.74) is 6.81. The number of halogens is 1. The molecule has 3 atom stereocenters. The second kappa shape index (κ2) is 6.22. The summed E-state index contributed by atoms with van der Waals surface area (Å²) in [7, 11) is -3.00. The highest BCUT2D eigenvalue weighted by Gasteiger charge is 2.31. The van der Waals surface area contributed by atoms with E-state index in [-0.39, 0.29) is 23.0 Å². The second-order valence-electron chi connectivity index (χ2n) is 5.84. The lowest BCUT2D eigenvalue weighted by atomic mass is 9.81. The van der Waals surface area contributed by atoms with E-state index in [0.717, 1.165) is 19.3 Å². The number of benzene rings is 1. The molecule has 112 valence electrons. The van der Waals surface area contributed by atoms with Crippen LogP contribution in [0.2, 0.25) is 0 Å². The van der Waals surface area contributed by atoms with Crippen molar-refractivity contribution in [3.63, 3.8) is 0 Å². The number of hydrogen-bond donors (Lipinski definition) is 1. The maximum Gasteiger partial charge on any atom is 0.150 e. The fourth-order valence-corrected chi connectivity index (χ4v) is 4.23.